The molecule has 7 heteroatoms. The van der Waals surface area contributed by atoms with Crippen molar-refractivity contribution in [2.24, 2.45) is 0 Å². The van der Waals surface area contributed by atoms with Gasteiger partial charge in [-0.2, -0.15) is 13.2 Å². The van der Waals surface area contributed by atoms with Gasteiger partial charge in [0.2, 0.25) is 0 Å². The lowest BCUT2D eigenvalue weighted by molar-refractivity contribution is -0.0790. The van der Waals surface area contributed by atoms with Gasteiger partial charge in [-0.05, 0) is 18.2 Å². The number of halogens is 4. The molecule has 16 heavy (non-hydrogen) atoms. The Morgan fingerprint density at radius 1 is 1.31 bits per heavy atom. The van der Waals surface area contributed by atoms with Gasteiger partial charge in [0.05, 0.1) is 0 Å². The maximum absolute atomic E-state index is 11.9. The minimum Gasteiger partial charge on any atom is -0.208 e. The van der Waals surface area contributed by atoms with Crippen LogP contribution in [0.5, 0.6) is 0 Å². The lowest BCUT2D eigenvalue weighted by atomic mass is 10.4. The number of alkyl halides is 3. The van der Waals surface area contributed by atoms with Crippen molar-refractivity contribution in [2.75, 3.05) is 0 Å². The maximum atomic E-state index is 11.9. The molecule has 84 valence electrons. The average molecular weight is 248 g/mol. The number of nitrogens with zero attached hydrogens (tertiary/aromatic N) is 3. The first-order chi connectivity index (χ1) is 7.46. The summed E-state index contributed by atoms with van der Waals surface area (Å²) in [6, 6.07) is 4.81. The second kappa shape index (κ2) is 3.79. The van der Waals surface area contributed by atoms with E-state index in [0.29, 0.717) is 5.65 Å². The zero-order valence-corrected chi connectivity index (χ0v) is 8.50. The van der Waals surface area contributed by atoms with Gasteiger partial charge >= 0.3 is 6.18 Å². The van der Waals surface area contributed by atoms with Gasteiger partial charge in [0, 0.05) is 6.08 Å². The molecule has 0 saturated heterocycles. The van der Waals surface area contributed by atoms with E-state index in [9.17, 15) is 13.2 Å². The highest BCUT2D eigenvalue weighted by molar-refractivity contribution is 6.29. The van der Waals surface area contributed by atoms with Gasteiger partial charge in [0.1, 0.15) is 5.15 Å². The molecule has 0 atom stereocenters. The number of rotatable bonds is 1. The van der Waals surface area contributed by atoms with Crippen LogP contribution in [0.25, 0.3) is 11.7 Å². The van der Waals surface area contributed by atoms with Gasteiger partial charge in [-0.25, -0.2) is 9.50 Å². The lowest BCUT2D eigenvalue weighted by Gasteiger charge is -1.94. The van der Waals surface area contributed by atoms with E-state index in [1.54, 1.807) is 18.2 Å². The van der Waals surface area contributed by atoms with Crippen molar-refractivity contribution >= 4 is 23.3 Å². The van der Waals surface area contributed by atoms with Crippen LogP contribution in [0.3, 0.4) is 0 Å². The third-order valence-corrected chi connectivity index (χ3v) is 2.04. The Morgan fingerprint density at radius 2 is 2.06 bits per heavy atom. The van der Waals surface area contributed by atoms with Crippen LogP contribution in [-0.2, 0) is 0 Å². The molecule has 0 aliphatic rings. The quantitative estimate of drug-likeness (QED) is 0.725. The molecule has 0 aliphatic heterocycles. The van der Waals surface area contributed by atoms with Gasteiger partial charge < -0.3 is 0 Å². The highest BCUT2D eigenvalue weighted by Gasteiger charge is 2.22. The van der Waals surface area contributed by atoms with Crippen LogP contribution in [-0.4, -0.2) is 20.8 Å². The smallest absolute Gasteiger partial charge is 0.208 e. The summed E-state index contributed by atoms with van der Waals surface area (Å²) < 4.78 is 37.0. The van der Waals surface area contributed by atoms with E-state index in [1.807, 2.05) is 0 Å². The Balaban J connectivity index is 2.41. The summed E-state index contributed by atoms with van der Waals surface area (Å²) in [6.45, 7) is 0. The first-order valence-electron chi connectivity index (χ1n) is 4.23. The van der Waals surface area contributed by atoms with Crippen molar-refractivity contribution in [3.8, 4) is 0 Å². The van der Waals surface area contributed by atoms with Crippen LogP contribution in [0.4, 0.5) is 13.2 Å². The van der Waals surface area contributed by atoms with Crippen LogP contribution < -0.4 is 0 Å². The lowest BCUT2D eigenvalue weighted by Crippen LogP contribution is -2.00. The first-order valence-corrected chi connectivity index (χ1v) is 4.61. The molecule has 0 bridgehead atoms. The van der Waals surface area contributed by atoms with E-state index >= 15 is 0 Å². The van der Waals surface area contributed by atoms with Crippen molar-refractivity contribution in [2.45, 2.75) is 6.18 Å². The summed E-state index contributed by atoms with van der Waals surface area (Å²) in [7, 11) is 0. The summed E-state index contributed by atoms with van der Waals surface area (Å²) in [5, 5.41) is 4.09. The van der Waals surface area contributed by atoms with Crippen molar-refractivity contribution < 1.29 is 13.2 Å². The molecule has 2 aromatic heterocycles. The summed E-state index contributed by atoms with van der Waals surface area (Å²) in [5.74, 6) is -0.0366. The van der Waals surface area contributed by atoms with E-state index in [0.717, 1.165) is 6.08 Å². The predicted molar refractivity (Wildman–Crippen MR) is 53.1 cm³/mol. The zero-order chi connectivity index (χ0) is 11.8. The van der Waals surface area contributed by atoms with Crippen LogP contribution in [0.1, 0.15) is 5.82 Å². The molecule has 0 N–H and O–H groups in total. The molecule has 0 spiro atoms. The van der Waals surface area contributed by atoms with Crippen molar-refractivity contribution in [1.29, 1.82) is 0 Å². The third kappa shape index (κ3) is 2.33. The molecule has 2 rings (SSSR count). The summed E-state index contributed by atoms with van der Waals surface area (Å²) in [5.41, 5.74) is 0.398. The van der Waals surface area contributed by atoms with Gasteiger partial charge in [-0.1, -0.05) is 17.7 Å². The molecule has 0 fully saturated rings. The molecule has 0 aromatic carbocycles. The third-order valence-electron chi connectivity index (χ3n) is 1.75. The molecule has 0 unspecified atom stereocenters. The normalized spacial score (nSPS) is 12.8. The monoisotopic (exact) mass is 247 g/mol. The zero-order valence-electron chi connectivity index (χ0n) is 7.74. The number of hydrogen-bond donors (Lipinski definition) is 0. The van der Waals surface area contributed by atoms with Gasteiger partial charge in [0.15, 0.2) is 11.5 Å². The summed E-state index contributed by atoms with van der Waals surface area (Å²) in [6.07, 6.45) is -3.50. The Hall–Kier alpha value is -1.56. The Kier molecular flexibility index (Phi) is 2.59. The molecule has 0 amide bonds. The SMILES string of the molecule is FC(F)(F)C=Cc1nc2cccc(Cl)n2n1. The van der Waals surface area contributed by atoms with Gasteiger partial charge in [-0.15, -0.1) is 5.10 Å². The minimum absolute atomic E-state index is 0.0366. The van der Waals surface area contributed by atoms with Gasteiger partial charge in [-0.3, -0.25) is 0 Å². The maximum Gasteiger partial charge on any atom is 0.409 e. The van der Waals surface area contributed by atoms with E-state index in [2.05, 4.69) is 10.1 Å². The molecule has 2 aromatic rings. The van der Waals surface area contributed by atoms with Crippen molar-refractivity contribution in [3.05, 3.63) is 35.3 Å². The molecule has 0 radical (unpaired) electrons. The van der Waals surface area contributed by atoms with E-state index < -0.39 is 6.18 Å². The van der Waals surface area contributed by atoms with Crippen LogP contribution in [0, 0.1) is 0 Å². The first kappa shape index (κ1) is 10.9. The summed E-state index contributed by atoms with van der Waals surface area (Å²) in [4.78, 5) is 3.86. The predicted octanol–water partition coefficient (Wildman–Crippen LogP) is 2.96. The molecular weight excluding hydrogens is 243 g/mol. The second-order valence-corrected chi connectivity index (χ2v) is 3.35. The van der Waals surface area contributed by atoms with Crippen molar-refractivity contribution in [1.82, 2.24) is 14.6 Å². The highest BCUT2D eigenvalue weighted by Crippen LogP contribution is 2.18. The highest BCUT2D eigenvalue weighted by atomic mass is 35.5. The molecule has 3 nitrogen and oxygen atoms in total. The summed E-state index contributed by atoms with van der Waals surface area (Å²) >= 11 is 5.77. The number of allylic oxidation sites excluding steroid dienone is 1. The fraction of sp³-hybridized carbons (Fsp3) is 0.111. The minimum atomic E-state index is -4.37. The average Bonchev–Trinajstić information content (AvgIpc) is 2.58. The van der Waals surface area contributed by atoms with E-state index in [-0.39, 0.29) is 17.1 Å². The topological polar surface area (TPSA) is 30.2 Å². The Labute approximate surface area is 93.2 Å². The Morgan fingerprint density at radius 3 is 2.69 bits per heavy atom. The fourth-order valence-electron chi connectivity index (χ4n) is 1.13. The standard InChI is InChI=1S/C9H5ClF3N3/c10-6-2-1-3-8-14-7(15-16(6)8)4-5-9(11,12)13/h1-5H. The molecule has 0 saturated carbocycles. The molecule has 0 aliphatic carbocycles. The number of pyridine rings is 1. The largest absolute Gasteiger partial charge is 0.409 e. The molecule has 2 heterocycles. The number of aromatic nitrogens is 3. The van der Waals surface area contributed by atoms with E-state index in [4.69, 9.17) is 11.6 Å². The van der Waals surface area contributed by atoms with Crippen LogP contribution in [0.2, 0.25) is 5.15 Å². The fourth-order valence-corrected chi connectivity index (χ4v) is 1.33. The Bertz CT molecular complexity index is 544. The van der Waals surface area contributed by atoms with E-state index in [1.165, 1.54) is 4.52 Å². The van der Waals surface area contributed by atoms with Gasteiger partial charge in [0.25, 0.3) is 0 Å². The molecular formula is C9H5ClF3N3. The van der Waals surface area contributed by atoms with Crippen LogP contribution >= 0.6 is 11.6 Å². The van der Waals surface area contributed by atoms with Crippen molar-refractivity contribution in [3.63, 3.8) is 0 Å². The number of fused-ring (bicyclic) bond motifs is 1. The second-order valence-electron chi connectivity index (χ2n) is 2.96. The van der Waals surface area contributed by atoms with Crippen LogP contribution in [0.15, 0.2) is 24.3 Å². The number of hydrogen-bond acceptors (Lipinski definition) is 2.